The van der Waals surface area contributed by atoms with E-state index in [1.54, 1.807) is 12.1 Å². The van der Waals surface area contributed by atoms with Crippen LogP contribution in [0.3, 0.4) is 0 Å². The third-order valence-electron chi connectivity index (χ3n) is 3.98. The van der Waals surface area contributed by atoms with Gasteiger partial charge in [-0.15, -0.1) is 0 Å². The fourth-order valence-electron chi connectivity index (χ4n) is 2.85. The van der Waals surface area contributed by atoms with Crippen LogP contribution in [-0.4, -0.2) is 25.2 Å². The molecule has 25 heavy (non-hydrogen) atoms. The Labute approximate surface area is 156 Å². The molecule has 0 aromatic heterocycles. The molecule has 0 fully saturated rings. The van der Waals surface area contributed by atoms with Crippen molar-refractivity contribution in [3.8, 4) is 5.75 Å². The molecule has 3 rings (SSSR count). The van der Waals surface area contributed by atoms with E-state index in [9.17, 15) is 13.9 Å². The summed E-state index contributed by atoms with van der Waals surface area (Å²) >= 11 is 9.61. The van der Waals surface area contributed by atoms with Crippen molar-refractivity contribution in [3.05, 3.63) is 63.4 Å². The molecule has 0 saturated heterocycles. The Morgan fingerprint density at radius 3 is 2.48 bits per heavy atom. The van der Waals surface area contributed by atoms with Crippen LogP contribution in [0.5, 0.6) is 5.75 Å². The maximum atomic E-state index is 14.6. The summed E-state index contributed by atoms with van der Waals surface area (Å²) in [6.07, 6.45) is 1.32. The molecule has 0 amide bonds. The number of hydrogen-bond acceptors (Lipinski definition) is 3. The highest BCUT2D eigenvalue weighted by molar-refractivity contribution is 9.11. The van der Waals surface area contributed by atoms with Crippen molar-refractivity contribution in [2.45, 2.75) is 0 Å². The summed E-state index contributed by atoms with van der Waals surface area (Å²) < 4.78 is 34.1. The lowest BCUT2D eigenvalue weighted by Crippen LogP contribution is -2.43. The summed E-state index contributed by atoms with van der Waals surface area (Å²) in [6, 6.07) is 8.29. The monoisotopic (exact) mass is 429 g/mol. The summed E-state index contributed by atoms with van der Waals surface area (Å²) in [6.45, 7) is -0.489. The summed E-state index contributed by atoms with van der Waals surface area (Å²) in [7, 11) is 1.49. The molecular formula is C17H13BrClF2N2O2+. The van der Waals surface area contributed by atoms with Crippen molar-refractivity contribution in [2.75, 3.05) is 13.7 Å². The number of halogens is 4. The van der Waals surface area contributed by atoms with Crippen molar-refractivity contribution < 1.29 is 18.6 Å². The van der Waals surface area contributed by atoms with Crippen LogP contribution in [0.25, 0.3) is 0 Å². The predicted molar refractivity (Wildman–Crippen MR) is 97.3 cm³/mol. The van der Waals surface area contributed by atoms with Gasteiger partial charge in [-0.1, -0.05) is 17.7 Å². The highest BCUT2D eigenvalue weighted by atomic mass is 79.9. The zero-order valence-corrected chi connectivity index (χ0v) is 15.4. The van der Waals surface area contributed by atoms with Crippen LogP contribution in [0.4, 0.5) is 20.2 Å². The van der Waals surface area contributed by atoms with Gasteiger partial charge in [-0.2, -0.15) is 9.48 Å². The van der Waals surface area contributed by atoms with E-state index in [0.717, 1.165) is 12.1 Å². The van der Waals surface area contributed by atoms with Gasteiger partial charge in [0, 0.05) is 12.1 Å². The minimum atomic E-state index is -0.786. The molecule has 1 aliphatic rings. The van der Waals surface area contributed by atoms with Crippen LogP contribution in [-0.2, 0) is 0 Å². The van der Waals surface area contributed by atoms with Gasteiger partial charge in [-0.05, 0) is 34.1 Å². The molecule has 1 N–H and O–H groups in total. The molecule has 1 atom stereocenters. The van der Waals surface area contributed by atoms with E-state index in [-0.39, 0.29) is 21.0 Å². The molecular weight excluding hydrogens is 418 g/mol. The maximum absolute atomic E-state index is 14.6. The van der Waals surface area contributed by atoms with E-state index in [1.165, 1.54) is 25.6 Å². The lowest BCUT2D eigenvalue weighted by molar-refractivity contribution is 0.309. The Balaban J connectivity index is 2.39. The van der Waals surface area contributed by atoms with Gasteiger partial charge in [0.05, 0.1) is 7.11 Å². The second-order valence-corrected chi connectivity index (χ2v) is 6.41. The number of para-hydroxylation sites is 1. The number of aliphatic imine (C=N–C) groups is 1. The van der Waals surface area contributed by atoms with Gasteiger partial charge >= 0.3 is 0 Å². The molecule has 8 heteroatoms. The van der Waals surface area contributed by atoms with E-state index in [0.29, 0.717) is 11.4 Å². The highest BCUT2D eigenvalue weighted by Crippen LogP contribution is 2.48. The quantitative estimate of drug-likeness (QED) is 0.556. The molecule has 1 aliphatic heterocycles. The molecule has 2 aromatic rings. The van der Waals surface area contributed by atoms with Gasteiger partial charge in [0.1, 0.15) is 17.4 Å². The molecule has 2 aromatic carbocycles. The summed E-state index contributed by atoms with van der Waals surface area (Å²) in [5.41, 5.74) is 0.251. The van der Waals surface area contributed by atoms with Crippen LogP contribution in [0.1, 0.15) is 0 Å². The molecule has 4 nitrogen and oxygen atoms in total. The number of rotatable bonds is 4. The van der Waals surface area contributed by atoms with Crippen LogP contribution >= 0.6 is 27.5 Å². The average molecular weight is 431 g/mol. The Kier molecular flexibility index (Phi) is 4.92. The van der Waals surface area contributed by atoms with E-state index >= 15 is 0 Å². The number of nitrogens with zero attached hydrogens (tertiary/aromatic N) is 2. The van der Waals surface area contributed by atoms with Gasteiger partial charge in [-0.25, -0.2) is 8.78 Å². The Morgan fingerprint density at radius 1 is 1.24 bits per heavy atom. The first-order valence-electron chi connectivity index (χ1n) is 7.18. The standard InChI is InChI=1S/C17H13BrClF2N2O2/c1-25-10-5-6-14(11(19)7-10)23(9-22-17(18)15(23)8-24)16-12(20)3-2-4-13(16)21/h2-7,9,24H,8H2,1H3/q+1. The van der Waals surface area contributed by atoms with Crippen molar-refractivity contribution in [2.24, 2.45) is 4.99 Å². The Hall–Kier alpha value is -1.80. The van der Waals surface area contributed by atoms with Crippen molar-refractivity contribution in [1.29, 1.82) is 0 Å². The fraction of sp³-hybridized carbons (Fsp3) is 0.118. The normalized spacial score (nSPS) is 19.6. The number of methoxy groups -OCH3 is 1. The minimum absolute atomic E-state index is 0.210. The number of aliphatic hydroxyl groups excluding tert-OH is 1. The number of ether oxygens (including phenoxy) is 1. The summed E-state index contributed by atoms with van der Waals surface area (Å²) in [5, 5.41) is 10.1. The van der Waals surface area contributed by atoms with E-state index in [1.807, 2.05) is 0 Å². The molecule has 1 unspecified atom stereocenters. The molecule has 1 heterocycles. The smallest absolute Gasteiger partial charge is 0.221 e. The minimum Gasteiger partial charge on any atom is -0.497 e. The Morgan fingerprint density at radius 2 is 1.92 bits per heavy atom. The molecule has 0 bridgehead atoms. The lowest BCUT2D eigenvalue weighted by atomic mass is 10.1. The average Bonchev–Trinajstić information content (AvgIpc) is 2.91. The number of benzene rings is 2. The zero-order chi connectivity index (χ0) is 18.2. The van der Waals surface area contributed by atoms with Crippen LogP contribution in [0.15, 0.2) is 51.7 Å². The third kappa shape index (κ3) is 2.77. The molecule has 0 saturated carbocycles. The topological polar surface area (TPSA) is 41.8 Å². The van der Waals surface area contributed by atoms with E-state index in [2.05, 4.69) is 20.9 Å². The molecule has 130 valence electrons. The first kappa shape index (κ1) is 18.0. The molecule has 0 radical (unpaired) electrons. The van der Waals surface area contributed by atoms with Gasteiger partial charge in [0.2, 0.25) is 12.0 Å². The van der Waals surface area contributed by atoms with Crippen molar-refractivity contribution in [1.82, 2.24) is 4.48 Å². The largest absolute Gasteiger partial charge is 0.497 e. The summed E-state index contributed by atoms with van der Waals surface area (Å²) in [4.78, 5) is 4.12. The maximum Gasteiger partial charge on any atom is 0.221 e. The number of quaternary nitrogens is 1. The Bertz CT molecular complexity index is 884. The predicted octanol–water partition coefficient (Wildman–Crippen LogP) is 4.86. The number of hydrogen-bond donors (Lipinski definition) is 1. The second-order valence-electron chi connectivity index (χ2n) is 5.25. The molecule has 0 spiro atoms. The van der Waals surface area contributed by atoms with E-state index < -0.39 is 22.7 Å². The van der Waals surface area contributed by atoms with Crippen LogP contribution in [0, 0.1) is 11.6 Å². The van der Waals surface area contributed by atoms with Crippen molar-refractivity contribution in [3.63, 3.8) is 0 Å². The van der Waals surface area contributed by atoms with Crippen LogP contribution in [0.2, 0.25) is 5.02 Å². The van der Waals surface area contributed by atoms with Gasteiger partial charge in [0.25, 0.3) is 0 Å². The number of aliphatic hydroxyl groups is 1. The SMILES string of the molecule is COc1ccc([N+]2(c3c(F)cccc3F)C=NC(Br)=C2CO)c(Cl)c1. The first-order chi connectivity index (χ1) is 12.0. The van der Waals surface area contributed by atoms with Gasteiger partial charge in [-0.3, -0.25) is 0 Å². The lowest BCUT2D eigenvalue weighted by Gasteiger charge is -2.32. The highest BCUT2D eigenvalue weighted by Gasteiger charge is 2.48. The fourth-order valence-corrected chi connectivity index (χ4v) is 3.65. The van der Waals surface area contributed by atoms with Crippen molar-refractivity contribution >= 4 is 45.2 Å². The van der Waals surface area contributed by atoms with E-state index in [4.69, 9.17) is 16.3 Å². The first-order valence-corrected chi connectivity index (χ1v) is 8.35. The third-order valence-corrected chi connectivity index (χ3v) is 4.95. The van der Waals surface area contributed by atoms with Gasteiger partial charge < -0.3 is 9.84 Å². The van der Waals surface area contributed by atoms with Gasteiger partial charge in [0.15, 0.2) is 27.6 Å². The summed E-state index contributed by atoms with van der Waals surface area (Å²) in [5.74, 6) is -1.08. The second kappa shape index (κ2) is 6.84. The zero-order valence-electron chi connectivity index (χ0n) is 13.0. The van der Waals surface area contributed by atoms with Crippen LogP contribution < -0.4 is 9.22 Å². The molecule has 0 aliphatic carbocycles.